The van der Waals surface area contributed by atoms with Crippen LogP contribution in [0.15, 0.2) is 54.6 Å². The van der Waals surface area contributed by atoms with Gasteiger partial charge in [0.2, 0.25) is 10.0 Å². The molecule has 7 nitrogen and oxygen atoms in total. The molecule has 0 aliphatic carbocycles. The molecule has 0 radical (unpaired) electrons. The van der Waals surface area contributed by atoms with Crippen LogP contribution in [0.3, 0.4) is 0 Å². The standard InChI is InChI=1S/C23H29N3O4S/c27-23(20-8-10-22(11-9-20)26-14-5-19-31(26,28)29)25(21-6-2-1-3-7-21)13-4-12-24-15-17-30-18-16-24/h1-3,6-11H,4-5,12-19H2. The van der Waals surface area contributed by atoms with Crippen LogP contribution >= 0.6 is 0 Å². The molecule has 2 fully saturated rings. The van der Waals surface area contributed by atoms with Crippen LogP contribution in [0.2, 0.25) is 0 Å². The van der Waals surface area contributed by atoms with Gasteiger partial charge in [-0.05, 0) is 49.2 Å². The fraction of sp³-hybridized carbons (Fsp3) is 0.435. The van der Waals surface area contributed by atoms with E-state index in [0.717, 1.165) is 45.0 Å². The molecule has 2 saturated heterocycles. The third-order valence-electron chi connectivity index (χ3n) is 5.77. The van der Waals surface area contributed by atoms with Crippen molar-refractivity contribution in [3.05, 3.63) is 60.2 Å². The molecule has 0 unspecified atom stereocenters. The van der Waals surface area contributed by atoms with Crippen LogP contribution < -0.4 is 9.21 Å². The van der Waals surface area contributed by atoms with Crippen molar-refractivity contribution in [3.63, 3.8) is 0 Å². The molecule has 2 aliphatic heterocycles. The highest BCUT2D eigenvalue weighted by molar-refractivity contribution is 7.93. The lowest BCUT2D eigenvalue weighted by atomic mass is 10.1. The van der Waals surface area contributed by atoms with Gasteiger partial charge in [0, 0.05) is 44.0 Å². The van der Waals surface area contributed by atoms with Gasteiger partial charge in [0.05, 0.1) is 24.7 Å². The van der Waals surface area contributed by atoms with Crippen molar-refractivity contribution in [2.45, 2.75) is 12.8 Å². The van der Waals surface area contributed by atoms with Gasteiger partial charge in [0.1, 0.15) is 0 Å². The Labute approximate surface area is 184 Å². The minimum Gasteiger partial charge on any atom is -0.379 e. The quantitative estimate of drug-likeness (QED) is 0.658. The molecule has 31 heavy (non-hydrogen) atoms. The number of morpholine rings is 1. The minimum atomic E-state index is -3.23. The van der Waals surface area contributed by atoms with Crippen molar-refractivity contribution in [1.29, 1.82) is 0 Å². The normalized spacial score (nSPS) is 18.8. The van der Waals surface area contributed by atoms with Crippen molar-refractivity contribution in [2.75, 3.05) is 60.9 Å². The summed E-state index contributed by atoms with van der Waals surface area (Å²) >= 11 is 0. The van der Waals surface area contributed by atoms with E-state index in [-0.39, 0.29) is 11.7 Å². The molecule has 2 aromatic rings. The highest BCUT2D eigenvalue weighted by Crippen LogP contribution is 2.25. The van der Waals surface area contributed by atoms with Gasteiger partial charge in [-0.15, -0.1) is 0 Å². The van der Waals surface area contributed by atoms with Crippen molar-refractivity contribution in [3.8, 4) is 0 Å². The molecule has 0 saturated carbocycles. The number of rotatable bonds is 7. The number of carbonyl (C=O) groups is 1. The topological polar surface area (TPSA) is 70.2 Å². The van der Waals surface area contributed by atoms with Crippen LogP contribution in [-0.4, -0.2) is 70.9 Å². The Morgan fingerprint density at radius 3 is 2.32 bits per heavy atom. The van der Waals surface area contributed by atoms with Crippen LogP contribution in [0.25, 0.3) is 0 Å². The zero-order valence-electron chi connectivity index (χ0n) is 17.7. The summed E-state index contributed by atoms with van der Waals surface area (Å²) in [5.74, 6) is 0.0996. The average molecular weight is 444 g/mol. The van der Waals surface area contributed by atoms with Gasteiger partial charge in [-0.3, -0.25) is 14.0 Å². The maximum Gasteiger partial charge on any atom is 0.258 e. The average Bonchev–Trinajstić information content (AvgIpc) is 3.16. The SMILES string of the molecule is O=C(c1ccc(N2CCCS2(=O)=O)cc1)N(CCCN1CCOCC1)c1ccccc1. The van der Waals surface area contributed by atoms with E-state index in [1.54, 1.807) is 24.3 Å². The van der Waals surface area contributed by atoms with E-state index in [4.69, 9.17) is 4.74 Å². The Bertz CT molecular complexity index is 974. The number of para-hydroxylation sites is 1. The zero-order chi connectivity index (χ0) is 21.7. The number of anilines is 2. The molecule has 1 amide bonds. The molecule has 0 atom stereocenters. The molecule has 0 N–H and O–H groups in total. The summed E-state index contributed by atoms with van der Waals surface area (Å²) in [5.41, 5.74) is 2.03. The zero-order valence-corrected chi connectivity index (χ0v) is 18.5. The van der Waals surface area contributed by atoms with Crippen molar-refractivity contribution >= 4 is 27.3 Å². The summed E-state index contributed by atoms with van der Waals surface area (Å²) in [6.45, 7) is 5.42. The Hall–Kier alpha value is -2.42. The van der Waals surface area contributed by atoms with Gasteiger partial charge in [-0.1, -0.05) is 18.2 Å². The predicted molar refractivity (Wildman–Crippen MR) is 122 cm³/mol. The van der Waals surface area contributed by atoms with Crippen molar-refractivity contribution < 1.29 is 17.9 Å². The van der Waals surface area contributed by atoms with Gasteiger partial charge in [-0.2, -0.15) is 0 Å². The molecule has 8 heteroatoms. The molecule has 2 aromatic carbocycles. The van der Waals surface area contributed by atoms with E-state index in [0.29, 0.717) is 30.8 Å². The van der Waals surface area contributed by atoms with E-state index < -0.39 is 10.0 Å². The first-order valence-electron chi connectivity index (χ1n) is 10.8. The maximum atomic E-state index is 13.3. The summed E-state index contributed by atoms with van der Waals surface area (Å²) in [4.78, 5) is 17.5. The molecule has 0 aromatic heterocycles. The number of amides is 1. The number of hydrogen-bond donors (Lipinski definition) is 0. The molecule has 0 spiro atoms. The first-order valence-corrected chi connectivity index (χ1v) is 12.4. The fourth-order valence-electron chi connectivity index (χ4n) is 4.09. The first kappa shape index (κ1) is 21.8. The van der Waals surface area contributed by atoms with Gasteiger partial charge in [-0.25, -0.2) is 8.42 Å². The largest absolute Gasteiger partial charge is 0.379 e. The summed E-state index contributed by atoms with van der Waals surface area (Å²) in [5, 5.41) is 0. The number of nitrogens with zero attached hydrogens (tertiary/aromatic N) is 3. The lowest BCUT2D eigenvalue weighted by molar-refractivity contribution is 0.0376. The van der Waals surface area contributed by atoms with E-state index >= 15 is 0 Å². The summed E-state index contributed by atoms with van der Waals surface area (Å²) in [6, 6.07) is 16.6. The molecule has 2 aliphatic rings. The van der Waals surface area contributed by atoms with Crippen LogP contribution in [0.1, 0.15) is 23.2 Å². The Balaban J connectivity index is 1.47. The number of carbonyl (C=O) groups excluding carboxylic acids is 1. The van der Waals surface area contributed by atoms with Crippen LogP contribution in [-0.2, 0) is 14.8 Å². The molecule has 0 bridgehead atoms. The summed E-state index contributed by atoms with van der Waals surface area (Å²) in [6.07, 6.45) is 1.50. The van der Waals surface area contributed by atoms with Gasteiger partial charge >= 0.3 is 0 Å². The van der Waals surface area contributed by atoms with E-state index in [1.807, 2.05) is 35.2 Å². The molecule has 166 valence electrons. The second-order valence-electron chi connectivity index (χ2n) is 7.89. The second kappa shape index (κ2) is 9.80. The summed E-state index contributed by atoms with van der Waals surface area (Å²) < 4.78 is 31.2. The predicted octanol–water partition coefficient (Wildman–Crippen LogP) is 2.60. The van der Waals surface area contributed by atoms with Crippen molar-refractivity contribution in [1.82, 2.24) is 4.90 Å². The van der Waals surface area contributed by atoms with Crippen LogP contribution in [0.4, 0.5) is 11.4 Å². The first-order chi connectivity index (χ1) is 15.0. The number of ether oxygens (including phenoxy) is 1. The van der Waals surface area contributed by atoms with Crippen LogP contribution in [0, 0.1) is 0 Å². The van der Waals surface area contributed by atoms with Gasteiger partial charge < -0.3 is 9.64 Å². The Kier molecular flexibility index (Phi) is 6.89. The molecular weight excluding hydrogens is 414 g/mol. The van der Waals surface area contributed by atoms with Gasteiger partial charge in [0.15, 0.2) is 0 Å². The van der Waals surface area contributed by atoms with E-state index in [1.165, 1.54) is 4.31 Å². The second-order valence-corrected chi connectivity index (χ2v) is 9.90. The van der Waals surface area contributed by atoms with Crippen LogP contribution in [0.5, 0.6) is 0 Å². The highest BCUT2D eigenvalue weighted by atomic mass is 32.2. The number of benzene rings is 2. The smallest absolute Gasteiger partial charge is 0.258 e. The monoisotopic (exact) mass is 443 g/mol. The van der Waals surface area contributed by atoms with Crippen molar-refractivity contribution in [2.24, 2.45) is 0 Å². The lowest BCUT2D eigenvalue weighted by Crippen LogP contribution is -2.39. The number of sulfonamides is 1. The molecule has 2 heterocycles. The minimum absolute atomic E-state index is 0.0796. The van der Waals surface area contributed by atoms with E-state index in [9.17, 15) is 13.2 Å². The Morgan fingerprint density at radius 2 is 1.68 bits per heavy atom. The third-order valence-corrected chi connectivity index (χ3v) is 7.64. The molecular formula is C23H29N3O4S. The molecule has 4 rings (SSSR count). The van der Waals surface area contributed by atoms with Gasteiger partial charge in [0.25, 0.3) is 5.91 Å². The fourth-order valence-corrected chi connectivity index (χ4v) is 5.65. The van der Waals surface area contributed by atoms with E-state index in [2.05, 4.69) is 4.90 Å². The lowest BCUT2D eigenvalue weighted by Gasteiger charge is -2.28. The Morgan fingerprint density at radius 1 is 0.968 bits per heavy atom. The highest BCUT2D eigenvalue weighted by Gasteiger charge is 2.28. The number of hydrogen-bond acceptors (Lipinski definition) is 5. The summed E-state index contributed by atoms with van der Waals surface area (Å²) in [7, 11) is -3.23. The third kappa shape index (κ3) is 5.26. The maximum absolute atomic E-state index is 13.3.